The molecule has 0 aromatic heterocycles. The van der Waals surface area contributed by atoms with Crippen LogP contribution < -0.4 is 21.3 Å². The van der Waals surface area contributed by atoms with Crippen LogP contribution >= 0.6 is 11.6 Å². The van der Waals surface area contributed by atoms with Gasteiger partial charge in [0.15, 0.2) is 5.78 Å². The number of hydrogen-bond donors (Lipinski definition) is 4. The van der Waals surface area contributed by atoms with E-state index in [1.165, 1.54) is 13.8 Å². The van der Waals surface area contributed by atoms with Crippen LogP contribution in [0.2, 0.25) is 0 Å². The van der Waals surface area contributed by atoms with Gasteiger partial charge in [-0.2, -0.15) is 0 Å². The first kappa shape index (κ1) is 33.1. The zero-order valence-electron chi connectivity index (χ0n) is 24.5. The lowest BCUT2D eigenvalue weighted by Gasteiger charge is -2.31. The predicted octanol–water partition coefficient (Wildman–Crippen LogP) is 4.55. The van der Waals surface area contributed by atoms with Gasteiger partial charge in [0.1, 0.15) is 11.1 Å². The molecule has 0 saturated carbocycles. The molecule has 2 atom stereocenters. The molecule has 4 amide bonds. The molecule has 0 fully saturated rings. The van der Waals surface area contributed by atoms with E-state index >= 15 is 0 Å². The van der Waals surface area contributed by atoms with E-state index in [0.29, 0.717) is 36.5 Å². The highest BCUT2D eigenvalue weighted by molar-refractivity contribution is 6.18. The van der Waals surface area contributed by atoms with Crippen LogP contribution in [-0.4, -0.2) is 52.7 Å². The largest absolute Gasteiger partial charge is 0.444 e. The number of para-hydroxylation sites is 1. The summed E-state index contributed by atoms with van der Waals surface area (Å²) < 4.78 is 5.26. The Morgan fingerprint density at radius 3 is 2.40 bits per heavy atom. The van der Waals surface area contributed by atoms with Crippen molar-refractivity contribution in [2.75, 3.05) is 16.5 Å². The summed E-state index contributed by atoms with van der Waals surface area (Å²) in [5, 5.41) is 11.0. The zero-order chi connectivity index (χ0) is 30.3. The lowest BCUT2D eigenvalue weighted by molar-refractivity contribution is -0.132. The van der Waals surface area contributed by atoms with Gasteiger partial charge >= 0.3 is 6.09 Å². The summed E-state index contributed by atoms with van der Waals surface area (Å²) in [6.07, 6.45) is 0.677. The van der Waals surface area contributed by atoms with Crippen LogP contribution in [0.4, 0.5) is 16.2 Å². The van der Waals surface area contributed by atoms with Gasteiger partial charge in [-0.05, 0) is 71.4 Å². The van der Waals surface area contributed by atoms with Gasteiger partial charge in [-0.3, -0.25) is 19.2 Å². The second-order valence-corrected chi connectivity index (χ2v) is 12.5. The smallest absolute Gasteiger partial charge is 0.408 e. The van der Waals surface area contributed by atoms with Gasteiger partial charge < -0.3 is 26.0 Å². The summed E-state index contributed by atoms with van der Waals surface area (Å²) in [4.78, 5) is 64.0. The maximum atomic E-state index is 13.4. The van der Waals surface area contributed by atoms with Crippen molar-refractivity contribution in [3.05, 3.63) is 23.8 Å². The number of ketones is 1. The molecule has 0 saturated heterocycles. The molecule has 1 heterocycles. The first-order valence-electron chi connectivity index (χ1n) is 13.7. The third kappa shape index (κ3) is 10.1. The first-order valence-corrected chi connectivity index (χ1v) is 14.2. The van der Waals surface area contributed by atoms with Gasteiger partial charge in [0, 0.05) is 24.6 Å². The topological polar surface area (TPSA) is 143 Å². The van der Waals surface area contributed by atoms with Crippen LogP contribution in [0.25, 0.3) is 0 Å². The van der Waals surface area contributed by atoms with Gasteiger partial charge in [-0.1, -0.05) is 26.0 Å². The van der Waals surface area contributed by atoms with Crippen LogP contribution in [-0.2, 0) is 30.3 Å². The third-order valence-electron chi connectivity index (χ3n) is 6.28. The van der Waals surface area contributed by atoms with Crippen molar-refractivity contribution in [3.63, 3.8) is 0 Å². The lowest BCUT2D eigenvalue weighted by Crippen LogP contribution is -2.58. The number of fused-ring (bicyclic) bond motifs is 1. The Morgan fingerprint density at radius 2 is 1.80 bits per heavy atom. The van der Waals surface area contributed by atoms with E-state index in [1.54, 1.807) is 32.9 Å². The van der Waals surface area contributed by atoms with E-state index in [1.807, 2.05) is 19.9 Å². The normalized spacial score (nSPS) is 15.9. The number of carbonyl (C=O) groups excluding carboxylic acids is 5. The van der Waals surface area contributed by atoms with Crippen molar-refractivity contribution in [2.45, 2.75) is 97.8 Å². The number of carbonyl (C=O) groups is 5. The maximum absolute atomic E-state index is 13.4. The van der Waals surface area contributed by atoms with Gasteiger partial charge in [0.25, 0.3) is 0 Å². The molecule has 1 aliphatic rings. The van der Waals surface area contributed by atoms with Crippen molar-refractivity contribution >= 4 is 52.6 Å². The van der Waals surface area contributed by atoms with Crippen LogP contribution in [0, 0.1) is 11.8 Å². The molecule has 1 unspecified atom stereocenters. The van der Waals surface area contributed by atoms with Gasteiger partial charge in [-0.25, -0.2) is 4.79 Å². The molecule has 0 radical (unpaired) electrons. The number of rotatable bonds is 12. The van der Waals surface area contributed by atoms with Gasteiger partial charge in [0.2, 0.25) is 17.7 Å². The molecule has 11 heteroatoms. The number of alkyl halides is 1. The second kappa shape index (κ2) is 14.0. The fraction of sp³-hybridized carbons (Fsp3) is 0.621. The number of amides is 4. The summed E-state index contributed by atoms with van der Waals surface area (Å²) in [7, 11) is 0. The number of halogens is 1. The van der Waals surface area contributed by atoms with E-state index in [9.17, 15) is 24.0 Å². The first-order chi connectivity index (χ1) is 18.5. The van der Waals surface area contributed by atoms with Crippen LogP contribution in [0.15, 0.2) is 18.2 Å². The molecule has 40 heavy (non-hydrogen) atoms. The summed E-state index contributed by atoms with van der Waals surface area (Å²) in [5.74, 6) is -1.51. The average molecular weight is 579 g/mol. The average Bonchev–Trinajstić information content (AvgIpc) is 2.81. The van der Waals surface area contributed by atoms with Crippen LogP contribution in [0.5, 0.6) is 0 Å². The van der Waals surface area contributed by atoms with Crippen molar-refractivity contribution in [1.82, 2.24) is 10.6 Å². The van der Waals surface area contributed by atoms with E-state index in [-0.39, 0.29) is 36.4 Å². The minimum atomic E-state index is -1.34. The second-order valence-electron chi connectivity index (χ2n) is 12.1. The minimum Gasteiger partial charge on any atom is -0.444 e. The quantitative estimate of drug-likeness (QED) is 0.268. The van der Waals surface area contributed by atoms with Crippen molar-refractivity contribution < 1.29 is 28.7 Å². The number of benzene rings is 1. The monoisotopic (exact) mass is 578 g/mol. The van der Waals surface area contributed by atoms with E-state index in [4.69, 9.17) is 16.3 Å². The lowest BCUT2D eigenvalue weighted by atomic mass is 9.86. The molecule has 10 nitrogen and oxygen atoms in total. The van der Waals surface area contributed by atoms with E-state index in [0.717, 1.165) is 5.56 Å². The summed E-state index contributed by atoms with van der Waals surface area (Å²) >= 11 is 5.67. The van der Waals surface area contributed by atoms with Gasteiger partial charge in [0.05, 0.1) is 17.4 Å². The number of hydrogen-bond acceptors (Lipinski definition) is 6. The number of alkyl carbamates (subject to hydrolysis) is 1. The Morgan fingerprint density at radius 1 is 1.12 bits per heavy atom. The summed E-state index contributed by atoms with van der Waals surface area (Å²) in [6.45, 7) is 12.1. The molecule has 222 valence electrons. The maximum Gasteiger partial charge on any atom is 0.408 e. The Hall–Kier alpha value is -3.14. The van der Waals surface area contributed by atoms with Crippen molar-refractivity contribution in [1.29, 1.82) is 0 Å². The number of Topliss-reactive ketones (excluding diaryl/α,β-unsaturated/α-hetero) is 1. The van der Waals surface area contributed by atoms with Crippen molar-refractivity contribution in [2.24, 2.45) is 11.8 Å². The molecule has 0 aliphatic carbocycles. The Balaban J connectivity index is 2.12. The molecular formula is C29H43ClN4O6. The Bertz CT molecular complexity index is 1110. The Kier molecular flexibility index (Phi) is 11.5. The molecule has 1 aromatic carbocycles. The molecule has 0 bridgehead atoms. The highest BCUT2D eigenvalue weighted by Gasteiger charge is 2.36. The number of anilines is 2. The predicted molar refractivity (Wildman–Crippen MR) is 155 cm³/mol. The minimum absolute atomic E-state index is 0.0742. The van der Waals surface area contributed by atoms with Crippen molar-refractivity contribution in [3.8, 4) is 0 Å². The number of ether oxygens (including phenoxy) is 1. The molecular weight excluding hydrogens is 536 g/mol. The summed E-state index contributed by atoms with van der Waals surface area (Å²) in [5.41, 5.74) is -0.247. The third-order valence-corrected chi connectivity index (χ3v) is 6.54. The van der Waals surface area contributed by atoms with E-state index in [2.05, 4.69) is 21.3 Å². The molecule has 1 aromatic rings. The Labute approximate surface area is 241 Å². The summed E-state index contributed by atoms with van der Waals surface area (Å²) in [6, 6.07) is 4.51. The van der Waals surface area contributed by atoms with Gasteiger partial charge in [-0.15, -0.1) is 11.6 Å². The highest BCUT2D eigenvalue weighted by Crippen LogP contribution is 2.34. The fourth-order valence-electron chi connectivity index (χ4n) is 4.29. The zero-order valence-corrected chi connectivity index (χ0v) is 25.3. The van der Waals surface area contributed by atoms with E-state index < -0.39 is 35.1 Å². The molecule has 0 spiro atoms. The highest BCUT2D eigenvalue weighted by atomic mass is 35.5. The molecule has 4 N–H and O–H groups in total. The number of nitrogens with one attached hydrogen (secondary N) is 4. The SMILES string of the molecule is CC(C)C[C@@H](NC(=O)C(C)(C)NC(=O)OC(C)(C)C)C(=O)CC1Cc2cccc(NC(=O)CCCCl)c2NC1=O. The fourth-order valence-corrected chi connectivity index (χ4v) is 4.43. The molecule has 1 aliphatic heterocycles. The standard InChI is InChI=1S/C29H43ClN4O6/c1-17(2)14-21(32-26(38)29(6,7)34-27(39)40-28(3,4)5)22(35)16-19-15-18-10-8-11-20(24(18)33-25(19)37)31-23(36)12-9-13-30/h8,10-11,17,19,21H,9,12-16H2,1-7H3,(H,31,36)(H,32,38)(H,33,37)(H,34,39)/t19?,21-/m1/s1. The van der Waals surface area contributed by atoms with Crippen LogP contribution in [0.1, 0.15) is 79.7 Å². The van der Waals surface area contributed by atoms with Crippen LogP contribution in [0.3, 0.4) is 0 Å². The molecule has 2 rings (SSSR count).